The minimum atomic E-state index is -3.65. The molecule has 0 spiro atoms. The quantitative estimate of drug-likeness (QED) is 0.106. The third-order valence-electron chi connectivity index (χ3n) is 9.92. The van der Waals surface area contributed by atoms with Crippen molar-refractivity contribution in [3.05, 3.63) is 111 Å². The number of anilines is 4. The Hall–Kier alpha value is -4.18. The number of sulfonamides is 1. The first-order valence-electron chi connectivity index (χ1n) is 20.0. The molecular weight excluding hydrogens is 942 g/mol. The van der Waals surface area contributed by atoms with E-state index in [0.29, 0.717) is 11.9 Å². The largest absolute Gasteiger partial charge is 0.379 e. The molecule has 0 radical (unpaired) electrons. The van der Waals surface area contributed by atoms with Crippen LogP contribution in [0, 0.1) is 3.57 Å². The number of benzene rings is 3. The Morgan fingerprint density at radius 2 is 1.21 bits per heavy atom. The van der Waals surface area contributed by atoms with Crippen LogP contribution in [0.3, 0.4) is 0 Å². The van der Waals surface area contributed by atoms with E-state index >= 15 is 0 Å². The molecular formula is C44H48IN9O4S3. The van der Waals surface area contributed by atoms with Crippen molar-refractivity contribution >= 4 is 99.0 Å². The molecule has 13 nitrogen and oxygen atoms in total. The summed E-state index contributed by atoms with van der Waals surface area (Å²) in [6.07, 6.45) is 3.68. The van der Waals surface area contributed by atoms with Crippen molar-refractivity contribution in [1.29, 1.82) is 0 Å². The van der Waals surface area contributed by atoms with Gasteiger partial charge in [0, 0.05) is 72.5 Å². The average molecular weight is 990 g/mol. The number of morpholine rings is 2. The fourth-order valence-corrected chi connectivity index (χ4v) is 11.0. The van der Waals surface area contributed by atoms with E-state index in [1.54, 1.807) is 35.7 Å². The van der Waals surface area contributed by atoms with Crippen LogP contribution in [0.5, 0.6) is 0 Å². The highest BCUT2D eigenvalue weighted by Crippen LogP contribution is 2.34. The van der Waals surface area contributed by atoms with Crippen molar-refractivity contribution in [3.8, 4) is 11.1 Å². The van der Waals surface area contributed by atoms with Gasteiger partial charge in [-0.15, -0.1) is 22.7 Å². The summed E-state index contributed by atoms with van der Waals surface area (Å²) in [6, 6.07) is 23.7. The summed E-state index contributed by atoms with van der Waals surface area (Å²) in [5.41, 5.74) is 7.36. The second-order valence-electron chi connectivity index (χ2n) is 15.9. The molecule has 0 aliphatic carbocycles. The first kappa shape index (κ1) is 43.5. The Labute approximate surface area is 378 Å². The van der Waals surface area contributed by atoms with Gasteiger partial charge in [0.1, 0.15) is 0 Å². The summed E-state index contributed by atoms with van der Waals surface area (Å²) in [6.45, 7) is 14.5. The van der Waals surface area contributed by atoms with Gasteiger partial charge in [0.15, 0.2) is 0 Å². The number of nitrogens with zero attached hydrogens (tertiary/aromatic N) is 6. The molecule has 0 saturated carbocycles. The van der Waals surface area contributed by atoms with Crippen molar-refractivity contribution in [1.82, 2.24) is 34.5 Å². The minimum Gasteiger partial charge on any atom is -0.379 e. The molecule has 0 atom stereocenters. The lowest BCUT2D eigenvalue weighted by Gasteiger charge is -2.26. The molecule has 318 valence electrons. The van der Waals surface area contributed by atoms with Gasteiger partial charge in [0.25, 0.3) is 0 Å². The molecule has 7 aromatic rings. The lowest BCUT2D eigenvalue weighted by molar-refractivity contribution is 0.0341. The van der Waals surface area contributed by atoms with Crippen molar-refractivity contribution in [3.63, 3.8) is 0 Å². The molecule has 4 aromatic heterocycles. The van der Waals surface area contributed by atoms with Crippen LogP contribution >= 0.6 is 45.3 Å². The lowest BCUT2D eigenvalue weighted by atomic mass is 10.1. The number of fused-ring (bicyclic) bond motifs is 2. The Kier molecular flexibility index (Phi) is 13.9. The van der Waals surface area contributed by atoms with Gasteiger partial charge < -0.3 is 20.1 Å². The van der Waals surface area contributed by atoms with Gasteiger partial charge in [-0.05, 0) is 96.5 Å². The number of thiophene rings is 2. The molecule has 2 aliphatic heterocycles. The van der Waals surface area contributed by atoms with Crippen LogP contribution in [-0.2, 0) is 32.6 Å². The van der Waals surface area contributed by atoms with Gasteiger partial charge in [-0.2, -0.15) is 0 Å². The monoisotopic (exact) mass is 989 g/mol. The van der Waals surface area contributed by atoms with Crippen LogP contribution < -0.4 is 15.4 Å². The molecule has 61 heavy (non-hydrogen) atoms. The SMILES string of the molecule is CC(C)(C)NS(=O)(=O)c1cccc(-c2csc3cnc(Nc4ccc(CN5CCOCC5)cc4)nc23)c1.Ic1csc2cnc(Nc3ccc(CN4CCOCC4)cc3)nc12. The average Bonchev–Trinajstić information content (AvgIpc) is 3.85. The number of hydrogen-bond donors (Lipinski definition) is 3. The molecule has 2 fully saturated rings. The highest BCUT2D eigenvalue weighted by Gasteiger charge is 2.23. The summed E-state index contributed by atoms with van der Waals surface area (Å²) in [4.78, 5) is 23.3. The Morgan fingerprint density at radius 1 is 0.705 bits per heavy atom. The second-order valence-corrected chi connectivity index (χ2v) is 20.5. The second kappa shape index (κ2) is 19.5. The van der Waals surface area contributed by atoms with E-state index in [9.17, 15) is 8.42 Å². The van der Waals surface area contributed by atoms with Gasteiger partial charge in [0.05, 0.1) is 67.7 Å². The number of ether oxygens (including phenoxy) is 2. The summed E-state index contributed by atoms with van der Waals surface area (Å²) in [5.74, 6) is 1.13. The first-order chi connectivity index (χ1) is 29.4. The normalized spacial score (nSPS) is 15.4. The van der Waals surface area contributed by atoms with E-state index in [1.807, 2.05) is 50.5 Å². The molecule has 2 saturated heterocycles. The van der Waals surface area contributed by atoms with Gasteiger partial charge in [-0.3, -0.25) is 9.80 Å². The van der Waals surface area contributed by atoms with Crippen LogP contribution in [0.2, 0.25) is 0 Å². The van der Waals surface area contributed by atoms with Gasteiger partial charge in [-0.1, -0.05) is 36.4 Å². The standard InChI is InChI=1S/C27H31N5O3S2.C17H17IN4OS/c1-27(2,3)31-37(33,34)22-6-4-5-20(15-22)23-18-36-24-16-28-26(30-25(23)24)29-21-9-7-19(8-10-21)17-32-11-13-35-14-12-32;18-14-11-24-15-9-19-17(21-16(14)15)20-13-3-1-12(2-4-13)10-22-5-7-23-8-6-22/h4-10,15-16,18,31H,11-14,17H2,1-3H3,(H,28,29,30);1-4,9,11H,5-8,10H2,(H,19,20,21). The van der Waals surface area contributed by atoms with Crippen molar-refractivity contribution in [2.75, 3.05) is 63.2 Å². The van der Waals surface area contributed by atoms with Crippen molar-refractivity contribution in [2.45, 2.75) is 44.3 Å². The third-order valence-corrected chi connectivity index (χ3v) is 14.7. The number of hydrogen-bond acceptors (Lipinski definition) is 14. The first-order valence-corrected chi connectivity index (χ1v) is 24.4. The van der Waals surface area contributed by atoms with E-state index in [-0.39, 0.29) is 4.90 Å². The molecule has 6 heterocycles. The van der Waals surface area contributed by atoms with E-state index in [1.165, 1.54) is 26.0 Å². The molecule has 3 N–H and O–H groups in total. The smallest absolute Gasteiger partial charge is 0.241 e. The summed E-state index contributed by atoms with van der Waals surface area (Å²) < 4.78 is 42.5. The molecule has 17 heteroatoms. The number of nitrogens with one attached hydrogen (secondary N) is 3. The van der Waals surface area contributed by atoms with Crippen LogP contribution in [-0.4, -0.2) is 96.3 Å². The van der Waals surface area contributed by atoms with E-state index in [2.05, 4.69) is 104 Å². The summed E-state index contributed by atoms with van der Waals surface area (Å²) in [5, 5.41) is 10.7. The van der Waals surface area contributed by atoms with Gasteiger partial charge in [-0.25, -0.2) is 33.1 Å². The van der Waals surface area contributed by atoms with E-state index in [4.69, 9.17) is 14.5 Å². The zero-order chi connectivity index (χ0) is 42.4. The third kappa shape index (κ3) is 11.6. The highest BCUT2D eigenvalue weighted by atomic mass is 127. The molecule has 0 bridgehead atoms. The van der Waals surface area contributed by atoms with E-state index < -0.39 is 15.6 Å². The predicted molar refractivity (Wildman–Crippen MR) is 255 cm³/mol. The van der Waals surface area contributed by atoms with Crippen LogP contribution in [0.25, 0.3) is 31.6 Å². The Morgan fingerprint density at radius 3 is 1.75 bits per heavy atom. The maximum atomic E-state index is 12.9. The number of halogens is 1. The molecule has 0 unspecified atom stereocenters. The summed E-state index contributed by atoms with van der Waals surface area (Å²) in [7, 11) is -3.65. The topological polar surface area (TPSA) is 147 Å². The molecule has 3 aromatic carbocycles. The predicted octanol–water partition coefficient (Wildman–Crippen LogP) is 8.88. The zero-order valence-electron chi connectivity index (χ0n) is 34.2. The Balaban J connectivity index is 0.000000184. The Bertz CT molecular complexity index is 2680. The van der Waals surface area contributed by atoms with Crippen LogP contribution in [0.1, 0.15) is 31.9 Å². The van der Waals surface area contributed by atoms with Gasteiger partial charge >= 0.3 is 0 Å². The van der Waals surface area contributed by atoms with Crippen LogP contribution in [0.15, 0.2) is 101 Å². The molecule has 9 rings (SSSR count). The lowest BCUT2D eigenvalue weighted by Crippen LogP contribution is -2.40. The molecule has 0 amide bonds. The number of rotatable bonds is 11. The maximum Gasteiger partial charge on any atom is 0.241 e. The summed E-state index contributed by atoms with van der Waals surface area (Å²) >= 11 is 5.52. The van der Waals surface area contributed by atoms with Crippen molar-refractivity contribution in [2.24, 2.45) is 0 Å². The van der Waals surface area contributed by atoms with Crippen LogP contribution in [0.4, 0.5) is 23.3 Å². The highest BCUT2D eigenvalue weighted by molar-refractivity contribution is 14.1. The van der Waals surface area contributed by atoms with E-state index in [0.717, 1.165) is 109 Å². The fraction of sp³-hybridized carbons (Fsp3) is 0.318. The number of aromatic nitrogens is 4. The molecule has 2 aliphatic rings. The van der Waals surface area contributed by atoms with Crippen molar-refractivity contribution < 1.29 is 17.9 Å². The zero-order valence-corrected chi connectivity index (χ0v) is 38.8. The minimum absolute atomic E-state index is 0.226. The fourth-order valence-electron chi connectivity index (χ4n) is 6.93. The maximum absolute atomic E-state index is 12.9. The van der Waals surface area contributed by atoms with Gasteiger partial charge in [0.2, 0.25) is 21.9 Å².